The third-order valence-electron chi connectivity index (χ3n) is 12.0. The van der Waals surface area contributed by atoms with Crippen molar-refractivity contribution in [2.24, 2.45) is 0 Å². The lowest BCUT2D eigenvalue weighted by Gasteiger charge is -2.25. The minimum atomic E-state index is -5.62. The van der Waals surface area contributed by atoms with Gasteiger partial charge < -0.3 is 28.3 Å². The van der Waals surface area contributed by atoms with E-state index in [0.29, 0.717) is 14.7 Å². The first-order valence-electron chi connectivity index (χ1n) is 20.3. The zero-order chi connectivity index (χ0) is 48.8. The Bertz CT molecular complexity index is 2810. The van der Waals surface area contributed by atoms with Crippen molar-refractivity contribution >= 4 is 110 Å². The van der Waals surface area contributed by atoms with Gasteiger partial charge in [0, 0.05) is 89.4 Å². The van der Waals surface area contributed by atoms with Gasteiger partial charge in [0.15, 0.2) is 0 Å². The summed E-state index contributed by atoms with van der Waals surface area (Å²) in [6, 6.07) is 20.8. The first-order valence-corrected chi connectivity index (χ1v) is 23.3. The standard InChI is InChI=1S/C45H30Cl3F9N3O7P/c46-16-22-19-58(40(61)43(49,50)51)31-13-34(25-7-1-4-10-28(25)37(22)31)65-68(64,66-35-14-32-38(29-11-5-2-8-26(29)35)23(17-47)20-59(32)41(62)44(52,53)54)67-36-15-33-39(30-12-6-3-9-27(30)36)24(18-48)21-60(33)42(63)45(55,56)57/h1-15,22-24H,16-21H2. The van der Waals surface area contributed by atoms with Gasteiger partial charge in [-0.05, 0) is 32.8 Å². The number of phosphoric ester groups is 1. The summed E-state index contributed by atoms with van der Waals surface area (Å²) in [5.74, 6) is -11.6. The van der Waals surface area contributed by atoms with Crippen molar-refractivity contribution in [3.63, 3.8) is 0 Å². The van der Waals surface area contributed by atoms with Gasteiger partial charge in [-0.3, -0.25) is 14.4 Å². The maximum Gasteiger partial charge on any atom is 0.647 e. The highest BCUT2D eigenvalue weighted by atomic mass is 35.5. The van der Waals surface area contributed by atoms with E-state index in [4.69, 9.17) is 48.4 Å². The second-order valence-corrected chi connectivity index (χ2v) is 18.4. The summed E-state index contributed by atoms with van der Waals surface area (Å²) in [4.78, 5) is 40.0. The predicted molar refractivity (Wildman–Crippen MR) is 237 cm³/mol. The molecular weight excluding hydrogens is 1000 g/mol. The summed E-state index contributed by atoms with van der Waals surface area (Å²) >= 11 is 18.7. The van der Waals surface area contributed by atoms with E-state index in [2.05, 4.69) is 0 Å². The van der Waals surface area contributed by atoms with Gasteiger partial charge in [-0.15, -0.1) is 34.8 Å². The Morgan fingerprint density at radius 1 is 0.471 bits per heavy atom. The highest BCUT2D eigenvalue weighted by Crippen LogP contribution is 2.58. The van der Waals surface area contributed by atoms with Crippen LogP contribution < -0.4 is 28.3 Å². The molecule has 0 saturated carbocycles. The molecule has 23 heteroatoms. The fourth-order valence-electron chi connectivity index (χ4n) is 9.30. The molecule has 10 nitrogen and oxygen atoms in total. The molecule has 0 radical (unpaired) electrons. The molecule has 6 aromatic carbocycles. The first kappa shape index (κ1) is 47.4. The molecule has 9 rings (SSSR count). The summed E-state index contributed by atoms with van der Waals surface area (Å²) in [5.41, 5.74) is -0.406. The molecule has 0 N–H and O–H groups in total. The van der Waals surface area contributed by atoms with Crippen LogP contribution in [0.2, 0.25) is 0 Å². The number of rotatable bonds is 9. The van der Waals surface area contributed by atoms with E-state index in [9.17, 15) is 53.9 Å². The largest absolute Gasteiger partial charge is 0.647 e. The number of hydrogen-bond acceptors (Lipinski definition) is 7. The predicted octanol–water partition coefficient (Wildman–Crippen LogP) is 12.5. The highest BCUT2D eigenvalue weighted by molar-refractivity contribution is 7.49. The summed E-state index contributed by atoms with van der Waals surface area (Å²) in [5, 5.41) is 0.817. The van der Waals surface area contributed by atoms with Crippen LogP contribution in [0.4, 0.5) is 56.6 Å². The number of benzene rings is 6. The molecule has 0 spiro atoms. The molecule has 3 aliphatic heterocycles. The number of carbonyl (C=O) groups is 3. The number of carbonyl (C=O) groups excluding carboxylic acids is 3. The average molecular weight is 1030 g/mol. The summed E-state index contributed by atoms with van der Waals surface area (Å²) in [7, 11) is -5.62. The van der Waals surface area contributed by atoms with Gasteiger partial charge in [-0.2, -0.15) is 44.1 Å². The number of anilines is 3. The van der Waals surface area contributed by atoms with E-state index in [0.717, 1.165) is 18.2 Å². The number of nitrogens with zero attached hydrogens (tertiary/aromatic N) is 3. The van der Waals surface area contributed by atoms with E-state index < -0.39 is 98.7 Å². The van der Waals surface area contributed by atoms with Crippen LogP contribution in [0.25, 0.3) is 32.3 Å². The smallest absolute Gasteiger partial charge is 0.385 e. The second kappa shape index (κ2) is 17.1. The van der Waals surface area contributed by atoms with Crippen molar-refractivity contribution in [1.82, 2.24) is 0 Å². The Morgan fingerprint density at radius 3 is 0.926 bits per heavy atom. The molecule has 0 saturated heterocycles. The van der Waals surface area contributed by atoms with Crippen LogP contribution in [0.15, 0.2) is 91.0 Å². The molecule has 3 unspecified atom stereocenters. The third kappa shape index (κ3) is 8.07. The number of amides is 3. The molecule has 6 aromatic rings. The average Bonchev–Trinajstić information content (AvgIpc) is 3.98. The molecule has 0 fully saturated rings. The summed E-state index contributed by atoms with van der Waals surface area (Å²) in [6.45, 7) is -1.57. The van der Waals surface area contributed by atoms with Gasteiger partial charge in [0.05, 0.1) is 17.1 Å². The lowest BCUT2D eigenvalue weighted by atomic mass is 9.95. The van der Waals surface area contributed by atoms with Crippen LogP contribution in [0.5, 0.6) is 17.2 Å². The molecule has 356 valence electrons. The topological polar surface area (TPSA) is 106 Å². The van der Waals surface area contributed by atoms with Gasteiger partial charge in [-0.25, -0.2) is 0 Å². The van der Waals surface area contributed by atoms with Gasteiger partial charge >= 0.3 is 44.1 Å². The number of phosphoric acid groups is 1. The Balaban J connectivity index is 1.28. The van der Waals surface area contributed by atoms with Crippen molar-refractivity contribution < 1.29 is 72.0 Å². The molecule has 3 amide bonds. The normalized spacial score (nSPS) is 19.0. The van der Waals surface area contributed by atoms with E-state index in [1.54, 1.807) is 0 Å². The van der Waals surface area contributed by atoms with Crippen molar-refractivity contribution in [2.45, 2.75) is 36.3 Å². The fourth-order valence-corrected chi connectivity index (χ4v) is 11.3. The molecule has 0 aromatic heterocycles. The van der Waals surface area contributed by atoms with Crippen LogP contribution in [-0.4, -0.2) is 73.5 Å². The zero-order valence-corrected chi connectivity index (χ0v) is 37.5. The Kier molecular flexibility index (Phi) is 11.9. The second-order valence-electron chi connectivity index (χ2n) is 16.1. The van der Waals surface area contributed by atoms with E-state index in [-0.39, 0.29) is 83.7 Å². The van der Waals surface area contributed by atoms with Crippen molar-refractivity contribution in [3.05, 3.63) is 108 Å². The molecule has 68 heavy (non-hydrogen) atoms. The highest BCUT2D eigenvalue weighted by Gasteiger charge is 2.51. The SMILES string of the molecule is O=C(N1CC(CCl)c2c1cc(OP(=O)(Oc1cc3c(c4ccccc14)C(CCl)CN3C(=O)C(F)(F)F)Oc1cc3c(c4ccccc14)C(CCl)CN3C(=O)C(F)(F)F)c1ccccc21)C(F)(F)F. The van der Waals surface area contributed by atoms with Crippen LogP contribution >= 0.6 is 42.6 Å². The van der Waals surface area contributed by atoms with E-state index >= 15 is 4.57 Å². The molecule has 0 bridgehead atoms. The lowest BCUT2D eigenvalue weighted by Crippen LogP contribution is -2.40. The minimum absolute atomic E-state index is 0.0755. The Morgan fingerprint density at radius 2 is 0.706 bits per heavy atom. The molecular formula is C45H30Cl3F9N3O7P. The van der Waals surface area contributed by atoms with Crippen LogP contribution in [-0.2, 0) is 18.9 Å². The monoisotopic (exact) mass is 1030 g/mol. The van der Waals surface area contributed by atoms with Crippen LogP contribution in [0.3, 0.4) is 0 Å². The third-order valence-corrected chi connectivity index (χ3v) is 14.4. The molecule has 0 aliphatic carbocycles. The van der Waals surface area contributed by atoms with Gasteiger partial charge in [0.25, 0.3) is 0 Å². The summed E-state index contributed by atoms with van der Waals surface area (Å²) < 4.78 is 161. The number of halogens is 12. The van der Waals surface area contributed by atoms with Gasteiger partial charge in [-0.1, -0.05) is 72.8 Å². The zero-order valence-electron chi connectivity index (χ0n) is 34.3. The van der Waals surface area contributed by atoms with Gasteiger partial charge in [0.2, 0.25) is 0 Å². The number of fused-ring (bicyclic) bond motifs is 9. The van der Waals surface area contributed by atoms with Crippen molar-refractivity contribution in [2.75, 3.05) is 52.0 Å². The molecule has 3 heterocycles. The van der Waals surface area contributed by atoms with Crippen molar-refractivity contribution in [1.29, 1.82) is 0 Å². The maximum absolute atomic E-state index is 15.9. The Labute approximate surface area is 393 Å². The van der Waals surface area contributed by atoms with Crippen LogP contribution in [0, 0.1) is 0 Å². The Hall–Kier alpha value is -5.62. The lowest BCUT2D eigenvalue weighted by molar-refractivity contribution is -0.170. The number of hydrogen-bond donors (Lipinski definition) is 0. The van der Waals surface area contributed by atoms with E-state index in [1.807, 2.05) is 0 Å². The first-order chi connectivity index (χ1) is 32.1. The number of alkyl halides is 12. The van der Waals surface area contributed by atoms with Crippen molar-refractivity contribution in [3.8, 4) is 17.2 Å². The molecule has 3 atom stereocenters. The van der Waals surface area contributed by atoms with Gasteiger partial charge in [0.1, 0.15) is 17.2 Å². The minimum Gasteiger partial charge on any atom is -0.385 e. The maximum atomic E-state index is 15.9. The van der Waals surface area contributed by atoms with E-state index in [1.165, 1.54) is 72.8 Å². The molecule has 3 aliphatic rings. The fraction of sp³-hybridized carbons (Fsp3) is 0.267. The van der Waals surface area contributed by atoms with Crippen LogP contribution in [0.1, 0.15) is 34.4 Å². The quantitative estimate of drug-likeness (QED) is 0.0807. The summed E-state index contributed by atoms with van der Waals surface area (Å²) in [6.07, 6.45) is -16.1.